The zero-order valence-electron chi connectivity index (χ0n) is 32.5. The molecule has 5 nitrogen and oxygen atoms in total. The summed E-state index contributed by atoms with van der Waals surface area (Å²) < 4.78 is 9.78. The summed E-state index contributed by atoms with van der Waals surface area (Å²) in [5, 5.41) is 4.44. The molecular formula is C50H40GeIrN4O-2. The van der Waals surface area contributed by atoms with E-state index in [1.165, 1.54) is 26.5 Å². The fourth-order valence-corrected chi connectivity index (χ4v) is 11.2. The number of benzene rings is 6. The SMILES string of the molecule is Cc1ccc2c(n1)oc1c(-c3cc(C)[c]([Ge]([CH3])([CH3])[CH3])cn3)[c-]ccc12.[Ir].[c-]1ccc2ccccc2c1-c1nc2ccccc2n1-c1cccc(-c2ccccc2)c1. The molecule has 0 bridgehead atoms. The van der Waals surface area contributed by atoms with E-state index in [2.05, 4.69) is 161 Å². The van der Waals surface area contributed by atoms with Gasteiger partial charge in [-0.25, -0.2) is 0 Å². The van der Waals surface area contributed by atoms with Crippen molar-refractivity contribution in [3.63, 3.8) is 0 Å². The largest absolute Gasteiger partial charge is 0.333 e. The monoisotopic (exact) mass is 979 g/mol. The van der Waals surface area contributed by atoms with E-state index in [0.717, 1.165) is 66.8 Å². The first-order chi connectivity index (χ1) is 27.2. The Morgan fingerprint density at radius 3 is 2.19 bits per heavy atom. The van der Waals surface area contributed by atoms with Crippen molar-refractivity contribution in [3.8, 4) is 39.5 Å². The molecule has 0 saturated carbocycles. The van der Waals surface area contributed by atoms with Gasteiger partial charge in [-0.3, -0.25) is 4.98 Å². The van der Waals surface area contributed by atoms with E-state index >= 15 is 0 Å². The van der Waals surface area contributed by atoms with Gasteiger partial charge in [0.25, 0.3) is 0 Å². The second-order valence-corrected chi connectivity index (χ2v) is 25.8. The Morgan fingerprint density at radius 1 is 0.632 bits per heavy atom. The van der Waals surface area contributed by atoms with Gasteiger partial charge in [0.2, 0.25) is 0 Å². The average molecular weight is 978 g/mol. The molecule has 57 heavy (non-hydrogen) atoms. The van der Waals surface area contributed by atoms with Crippen molar-refractivity contribution < 1.29 is 24.5 Å². The minimum atomic E-state index is -1.91. The van der Waals surface area contributed by atoms with Gasteiger partial charge in [-0.2, -0.15) is 0 Å². The average Bonchev–Trinajstić information content (AvgIpc) is 3.79. The Labute approximate surface area is 349 Å². The Bertz CT molecular complexity index is 3050. The van der Waals surface area contributed by atoms with Gasteiger partial charge in [0, 0.05) is 25.8 Å². The summed E-state index contributed by atoms with van der Waals surface area (Å²) in [4.78, 5) is 14.3. The minimum Gasteiger partial charge on any atom is -0.333 e. The van der Waals surface area contributed by atoms with Crippen molar-refractivity contribution in [1.82, 2.24) is 19.5 Å². The first kappa shape index (κ1) is 38.2. The van der Waals surface area contributed by atoms with Gasteiger partial charge in [0.05, 0.1) is 16.9 Å². The molecule has 1 radical (unpaired) electrons. The van der Waals surface area contributed by atoms with Crippen LogP contribution in [0.2, 0.25) is 17.3 Å². The van der Waals surface area contributed by atoms with Crippen LogP contribution in [0.15, 0.2) is 156 Å². The topological polar surface area (TPSA) is 56.7 Å². The number of aryl methyl sites for hydroxylation is 2. The molecule has 0 aliphatic rings. The predicted molar refractivity (Wildman–Crippen MR) is 234 cm³/mol. The fourth-order valence-electron chi connectivity index (χ4n) is 7.64. The van der Waals surface area contributed by atoms with E-state index in [-0.39, 0.29) is 20.1 Å². The number of hydrogen-bond acceptors (Lipinski definition) is 4. The number of hydrogen-bond donors (Lipinski definition) is 0. The van der Waals surface area contributed by atoms with Crippen LogP contribution in [0.1, 0.15) is 11.3 Å². The van der Waals surface area contributed by atoms with Crippen LogP contribution in [0.3, 0.4) is 0 Å². The standard InChI is InChI=1S/C29H19N2.C21H21GeN2O.Ir/c1-2-10-21(11-3-1)23-14-8-15-24(20-23)31-28-19-7-6-18-27(28)30-29(31)26-17-9-13-22-12-4-5-16-25(22)26;1-13-11-19(23-12-18(13)22(3,4)5)17-8-6-7-15-16-10-9-14(2)24-21(16)25-20(15)17;/h1-16,18-20H;6-7,9-12H,1-5H3;/q2*-1;. The number of para-hydroxylation sites is 2. The molecule has 0 amide bonds. The van der Waals surface area contributed by atoms with E-state index < -0.39 is 13.3 Å². The molecule has 10 aromatic rings. The third-order valence-corrected chi connectivity index (χ3v) is 14.8. The first-order valence-electron chi connectivity index (χ1n) is 18.9. The Morgan fingerprint density at radius 2 is 1.37 bits per heavy atom. The van der Waals surface area contributed by atoms with Crippen LogP contribution in [0.5, 0.6) is 0 Å². The number of aromatic nitrogens is 4. The van der Waals surface area contributed by atoms with E-state index in [9.17, 15) is 0 Å². The molecule has 7 heteroatoms. The molecule has 0 saturated heterocycles. The number of pyridine rings is 2. The Kier molecular flexibility index (Phi) is 10.5. The summed E-state index contributed by atoms with van der Waals surface area (Å²) in [5.41, 5.74) is 12.1. The molecule has 0 spiro atoms. The molecule has 0 aliphatic heterocycles. The molecule has 0 fully saturated rings. The third kappa shape index (κ3) is 7.37. The maximum absolute atomic E-state index is 6.09. The van der Waals surface area contributed by atoms with Crippen molar-refractivity contribution in [2.75, 3.05) is 0 Å². The van der Waals surface area contributed by atoms with Gasteiger partial charge in [0.15, 0.2) is 0 Å². The summed E-state index contributed by atoms with van der Waals surface area (Å²) in [5.74, 6) is 8.08. The van der Waals surface area contributed by atoms with Crippen LogP contribution in [-0.2, 0) is 20.1 Å². The van der Waals surface area contributed by atoms with E-state index in [4.69, 9.17) is 14.4 Å². The Balaban J connectivity index is 0.000000161. The van der Waals surface area contributed by atoms with E-state index in [1.54, 1.807) is 0 Å². The molecule has 4 heterocycles. The number of fused-ring (bicyclic) bond motifs is 5. The summed E-state index contributed by atoms with van der Waals surface area (Å²) in [6.45, 7) is 4.15. The smallest absolute Gasteiger partial charge is 0.0774 e. The zero-order chi connectivity index (χ0) is 38.4. The van der Waals surface area contributed by atoms with Crippen LogP contribution in [-0.4, -0.2) is 32.8 Å². The van der Waals surface area contributed by atoms with Gasteiger partial charge < -0.3 is 4.57 Å². The van der Waals surface area contributed by atoms with Crippen molar-refractivity contribution in [2.24, 2.45) is 0 Å². The van der Waals surface area contributed by atoms with Crippen LogP contribution in [0.25, 0.3) is 83.3 Å². The van der Waals surface area contributed by atoms with Gasteiger partial charge in [-0.05, 0) is 35.4 Å². The molecule has 281 valence electrons. The molecule has 10 rings (SSSR count). The van der Waals surface area contributed by atoms with E-state index in [1.807, 2.05) is 43.3 Å². The molecule has 4 aromatic heterocycles. The zero-order valence-corrected chi connectivity index (χ0v) is 37.0. The quantitative estimate of drug-likeness (QED) is 0.127. The summed E-state index contributed by atoms with van der Waals surface area (Å²) in [7, 11) is 0. The molecule has 0 N–H and O–H groups in total. The van der Waals surface area contributed by atoms with Crippen LogP contribution < -0.4 is 4.40 Å². The van der Waals surface area contributed by atoms with Crippen molar-refractivity contribution in [3.05, 3.63) is 175 Å². The van der Waals surface area contributed by atoms with Crippen molar-refractivity contribution >= 4 is 61.5 Å². The summed E-state index contributed by atoms with van der Waals surface area (Å²) >= 11 is -1.91. The molecule has 6 aromatic carbocycles. The number of imidazole rings is 1. The maximum atomic E-state index is 6.09. The van der Waals surface area contributed by atoms with Gasteiger partial charge >= 0.3 is 150 Å². The van der Waals surface area contributed by atoms with Crippen LogP contribution in [0.4, 0.5) is 0 Å². The summed E-state index contributed by atoms with van der Waals surface area (Å²) in [6.07, 6.45) is 2.06. The van der Waals surface area contributed by atoms with E-state index in [0.29, 0.717) is 5.71 Å². The second-order valence-electron chi connectivity index (χ2n) is 15.3. The molecular weight excluding hydrogens is 937 g/mol. The normalized spacial score (nSPS) is 11.5. The fraction of sp³-hybridized carbons (Fsp3) is 0.100. The van der Waals surface area contributed by atoms with Crippen molar-refractivity contribution in [1.29, 1.82) is 0 Å². The first-order valence-corrected chi connectivity index (χ1v) is 26.3. The third-order valence-electron chi connectivity index (χ3n) is 10.3. The minimum absolute atomic E-state index is 0. The van der Waals surface area contributed by atoms with Crippen LogP contribution >= 0.6 is 0 Å². The maximum Gasteiger partial charge on any atom is 0.0774 e. The molecule has 0 unspecified atom stereocenters. The van der Waals surface area contributed by atoms with Gasteiger partial charge in [-0.1, -0.05) is 84.2 Å². The number of rotatable bonds is 5. The van der Waals surface area contributed by atoms with Crippen LogP contribution in [0, 0.1) is 26.0 Å². The predicted octanol–water partition coefficient (Wildman–Crippen LogP) is 12.3. The second kappa shape index (κ2) is 15.7. The van der Waals surface area contributed by atoms with Gasteiger partial charge in [0.1, 0.15) is 0 Å². The summed E-state index contributed by atoms with van der Waals surface area (Å²) in [6, 6.07) is 57.0. The Hall–Kier alpha value is -5.66. The van der Waals surface area contributed by atoms with Crippen molar-refractivity contribution in [2.45, 2.75) is 31.1 Å². The van der Waals surface area contributed by atoms with Gasteiger partial charge in [-0.15, -0.1) is 29.1 Å². The number of furan rings is 1. The molecule has 0 atom stereocenters. The molecule has 0 aliphatic carbocycles. The number of nitrogens with zero attached hydrogens (tertiary/aromatic N) is 4.